The minimum atomic E-state index is -1.56. The van der Waals surface area contributed by atoms with Gasteiger partial charge in [0.1, 0.15) is 24.4 Å². The summed E-state index contributed by atoms with van der Waals surface area (Å²) in [5, 5.41) is 54.8. The molecule has 1 heterocycles. The SMILES string of the molecule is CC/C=C\C/C=C\C/C=C\C/C=C\C/C=C\C/C=C\C/C=C\C/C=C\C/C=C\CCCCCCCCCCCC(=O)NC(COC1OC(CO)C(O)C(O)C1O)C(O)CCCCCCCCCCCCCCCCCCCC. The Kier molecular flexibility index (Phi) is 53.3. The highest BCUT2D eigenvalue weighted by molar-refractivity contribution is 5.76. The van der Waals surface area contributed by atoms with Gasteiger partial charge >= 0.3 is 0 Å². The first kappa shape index (κ1) is 72.9. The molecule has 0 saturated carbocycles. The Hall–Kier alpha value is -3.15. The molecule has 9 nitrogen and oxygen atoms in total. The number of amides is 1. The third-order valence-corrected chi connectivity index (χ3v) is 14.6. The maximum Gasteiger partial charge on any atom is 0.220 e. The fourth-order valence-electron chi connectivity index (χ4n) is 9.63. The van der Waals surface area contributed by atoms with Crippen LogP contribution in [-0.2, 0) is 14.3 Å². The van der Waals surface area contributed by atoms with Crippen molar-refractivity contribution < 1.29 is 39.8 Å². The minimum absolute atomic E-state index is 0.145. The number of unbranched alkanes of at least 4 members (excludes halogenated alkanes) is 26. The van der Waals surface area contributed by atoms with Crippen LogP contribution < -0.4 is 5.32 Å². The Labute approximate surface area is 478 Å². The van der Waals surface area contributed by atoms with Crippen molar-refractivity contribution in [1.29, 1.82) is 0 Å². The zero-order valence-corrected chi connectivity index (χ0v) is 49.9. The van der Waals surface area contributed by atoms with Gasteiger partial charge in [0.2, 0.25) is 5.91 Å². The summed E-state index contributed by atoms with van der Waals surface area (Å²) < 4.78 is 11.3. The summed E-state index contributed by atoms with van der Waals surface area (Å²) in [5.74, 6) is -0.153. The molecule has 78 heavy (non-hydrogen) atoms. The Morgan fingerprint density at radius 3 is 1.18 bits per heavy atom. The van der Waals surface area contributed by atoms with E-state index in [0.717, 1.165) is 103 Å². The molecule has 6 N–H and O–H groups in total. The van der Waals surface area contributed by atoms with Gasteiger partial charge in [-0.05, 0) is 83.5 Å². The number of carbonyl (C=O) groups is 1. The van der Waals surface area contributed by atoms with Crippen LogP contribution in [0.2, 0.25) is 0 Å². The quantitative estimate of drug-likeness (QED) is 0.0261. The van der Waals surface area contributed by atoms with Crippen LogP contribution in [0.3, 0.4) is 0 Å². The molecule has 7 atom stereocenters. The second kappa shape index (κ2) is 57.1. The highest BCUT2D eigenvalue weighted by Gasteiger charge is 2.44. The van der Waals surface area contributed by atoms with Crippen LogP contribution in [0, 0.1) is 0 Å². The van der Waals surface area contributed by atoms with Gasteiger partial charge in [-0.2, -0.15) is 0 Å². The third kappa shape index (κ3) is 45.6. The molecule has 1 amide bonds. The number of nitrogens with one attached hydrogen (secondary N) is 1. The van der Waals surface area contributed by atoms with E-state index >= 15 is 0 Å². The number of carbonyl (C=O) groups excluding carboxylic acids is 1. The fourth-order valence-corrected chi connectivity index (χ4v) is 9.63. The van der Waals surface area contributed by atoms with E-state index in [1.54, 1.807) is 0 Å². The van der Waals surface area contributed by atoms with Gasteiger partial charge in [-0.3, -0.25) is 4.79 Å². The number of allylic oxidation sites excluding steroid dienone is 18. The zero-order chi connectivity index (χ0) is 56.5. The maximum atomic E-state index is 13.1. The molecular weight excluding hydrogens is 971 g/mol. The largest absolute Gasteiger partial charge is 0.394 e. The second-order valence-corrected chi connectivity index (χ2v) is 21.8. The third-order valence-electron chi connectivity index (χ3n) is 14.6. The highest BCUT2D eigenvalue weighted by atomic mass is 16.7. The Morgan fingerprint density at radius 2 is 0.795 bits per heavy atom. The van der Waals surface area contributed by atoms with E-state index in [1.165, 1.54) is 135 Å². The van der Waals surface area contributed by atoms with E-state index in [1.807, 2.05) is 0 Å². The summed E-state index contributed by atoms with van der Waals surface area (Å²) in [6.45, 7) is 3.73. The molecule has 448 valence electrons. The molecule has 1 aliphatic heterocycles. The molecule has 0 aromatic rings. The van der Waals surface area contributed by atoms with Crippen LogP contribution in [0.15, 0.2) is 109 Å². The van der Waals surface area contributed by atoms with Crippen LogP contribution in [0.5, 0.6) is 0 Å². The summed E-state index contributed by atoms with van der Waals surface area (Å²) >= 11 is 0. The molecule has 0 aromatic carbocycles. The van der Waals surface area contributed by atoms with Gasteiger partial charge in [-0.25, -0.2) is 0 Å². The molecule has 1 rings (SSSR count). The predicted molar refractivity (Wildman–Crippen MR) is 331 cm³/mol. The second-order valence-electron chi connectivity index (χ2n) is 21.8. The lowest BCUT2D eigenvalue weighted by atomic mass is 9.99. The summed E-state index contributed by atoms with van der Waals surface area (Å²) in [5.41, 5.74) is 0. The molecule has 0 bridgehead atoms. The average Bonchev–Trinajstić information content (AvgIpc) is 3.45. The lowest BCUT2D eigenvalue weighted by Gasteiger charge is -2.40. The normalized spacial score (nSPS) is 19.4. The van der Waals surface area contributed by atoms with Gasteiger partial charge in [0, 0.05) is 6.42 Å². The topological polar surface area (TPSA) is 149 Å². The average molecular weight is 1090 g/mol. The van der Waals surface area contributed by atoms with E-state index in [-0.39, 0.29) is 12.5 Å². The zero-order valence-electron chi connectivity index (χ0n) is 49.9. The Bertz CT molecular complexity index is 1590. The van der Waals surface area contributed by atoms with E-state index in [0.29, 0.717) is 12.8 Å². The molecule has 0 radical (unpaired) electrons. The first-order chi connectivity index (χ1) is 38.3. The molecule has 0 aromatic heterocycles. The Morgan fingerprint density at radius 1 is 0.449 bits per heavy atom. The number of hydrogen-bond acceptors (Lipinski definition) is 8. The van der Waals surface area contributed by atoms with E-state index in [9.17, 15) is 30.3 Å². The molecule has 7 unspecified atom stereocenters. The summed E-state index contributed by atoms with van der Waals surface area (Å²) in [4.78, 5) is 13.1. The van der Waals surface area contributed by atoms with Crippen molar-refractivity contribution in [2.45, 2.75) is 307 Å². The van der Waals surface area contributed by atoms with Crippen molar-refractivity contribution in [3.8, 4) is 0 Å². The minimum Gasteiger partial charge on any atom is -0.394 e. The van der Waals surface area contributed by atoms with Crippen LogP contribution in [0.25, 0.3) is 0 Å². The van der Waals surface area contributed by atoms with Crippen molar-refractivity contribution >= 4 is 5.91 Å². The van der Waals surface area contributed by atoms with Gasteiger partial charge in [0.05, 0.1) is 25.4 Å². The molecule has 1 fully saturated rings. The number of aliphatic hydroxyl groups is 5. The molecule has 9 heteroatoms. The number of aliphatic hydroxyl groups excluding tert-OH is 5. The standard InChI is InChI=1S/C69H119NO8/c1-3-5-7-9-11-13-15-17-19-21-23-24-25-26-27-28-29-30-31-32-33-34-35-36-37-38-39-40-41-43-45-47-49-51-53-55-57-59-65(73)70-62(61-77-69-68(76)67(75)66(74)64(60-71)78-69)63(72)58-56-54-52-50-48-46-44-42-22-20-18-16-14-12-10-8-6-4-2/h5,7,11,13,17,19,23-24,26-27,29-30,32-33,35-36,38-39,62-64,66-69,71-72,74-76H,3-4,6,8-10,12,14-16,18,20-22,25,28,31,34,37,40-61H2,1-2H3,(H,70,73)/b7-5-,13-11-,19-17-,24-23-,27-26-,30-29-,33-32-,36-35-,39-38-. The van der Waals surface area contributed by atoms with Crippen LogP contribution >= 0.6 is 0 Å². The van der Waals surface area contributed by atoms with E-state index < -0.39 is 49.5 Å². The number of hydrogen-bond donors (Lipinski definition) is 6. The van der Waals surface area contributed by atoms with Gasteiger partial charge in [-0.1, -0.05) is 284 Å². The number of ether oxygens (including phenoxy) is 2. The Balaban J connectivity index is 2.16. The summed E-state index contributed by atoms with van der Waals surface area (Å²) in [6, 6.07) is -0.730. The summed E-state index contributed by atoms with van der Waals surface area (Å²) in [7, 11) is 0. The van der Waals surface area contributed by atoms with Crippen molar-refractivity contribution in [3.63, 3.8) is 0 Å². The van der Waals surface area contributed by atoms with Crippen LogP contribution in [-0.4, -0.2) is 87.5 Å². The lowest BCUT2D eigenvalue weighted by Crippen LogP contribution is -2.60. The van der Waals surface area contributed by atoms with Gasteiger partial charge in [-0.15, -0.1) is 0 Å². The lowest BCUT2D eigenvalue weighted by molar-refractivity contribution is -0.302. The van der Waals surface area contributed by atoms with Gasteiger partial charge < -0.3 is 40.3 Å². The summed E-state index contributed by atoms with van der Waals surface area (Å²) in [6.07, 6.45) is 76.9. The first-order valence-electron chi connectivity index (χ1n) is 32.1. The van der Waals surface area contributed by atoms with Crippen LogP contribution in [0.1, 0.15) is 264 Å². The molecular formula is C69H119NO8. The molecule has 1 saturated heterocycles. The van der Waals surface area contributed by atoms with Crippen molar-refractivity contribution in [1.82, 2.24) is 5.32 Å². The highest BCUT2D eigenvalue weighted by Crippen LogP contribution is 2.23. The van der Waals surface area contributed by atoms with Gasteiger partial charge in [0.25, 0.3) is 0 Å². The smallest absolute Gasteiger partial charge is 0.220 e. The van der Waals surface area contributed by atoms with Crippen molar-refractivity contribution in [2.75, 3.05) is 13.2 Å². The van der Waals surface area contributed by atoms with Crippen LogP contribution in [0.4, 0.5) is 0 Å². The van der Waals surface area contributed by atoms with Gasteiger partial charge in [0.15, 0.2) is 6.29 Å². The first-order valence-corrected chi connectivity index (χ1v) is 32.1. The maximum absolute atomic E-state index is 13.1. The molecule has 1 aliphatic rings. The molecule has 0 spiro atoms. The molecule has 0 aliphatic carbocycles. The number of rotatable bonds is 54. The van der Waals surface area contributed by atoms with Crippen molar-refractivity contribution in [2.24, 2.45) is 0 Å². The van der Waals surface area contributed by atoms with E-state index in [4.69, 9.17) is 9.47 Å². The van der Waals surface area contributed by atoms with E-state index in [2.05, 4.69) is 129 Å². The fraction of sp³-hybridized carbons (Fsp3) is 0.725. The monoisotopic (exact) mass is 1090 g/mol. The van der Waals surface area contributed by atoms with Crippen molar-refractivity contribution in [3.05, 3.63) is 109 Å². The predicted octanol–water partition coefficient (Wildman–Crippen LogP) is 16.9.